The summed E-state index contributed by atoms with van der Waals surface area (Å²) in [5, 5.41) is 14.4. The van der Waals surface area contributed by atoms with Crippen LogP contribution in [0.5, 0.6) is 0 Å². The zero-order valence-corrected chi connectivity index (χ0v) is 24.2. The molecule has 3 aromatic rings. The van der Waals surface area contributed by atoms with Crippen LogP contribution in [-0.4, -0.2) is 81.3 Å². The van der Waals surface area contributed by atoms with E-state index in [-0.39, 0.29) is 12.8 Å². The van der Waals surface area contributed by atoms with Gasteiger partial charge in [0.05, 0.1) is 23.0 Å². The normalized spacial score (nSPS) is 16.0. The Labute approximate surface area is 223 Å². The van der Waals surface area contributed by atoms with Crippen LogP contribution in [0.4, 0.5) is 10.6 Å². The van der Waals surface area contributed by atoms with Crippen LogP contribution in [0.2, 0.25) is 30.7 Å². The van der Waals surface area contributed by atoms with Gasteiger partial charge >= 0.3 is 6.09 Å². The number of carbonyl (C=O) groups is 1. The summed E-state index contributed by atoms with van der Waals surface area (Å²) < 4.78 is 9.70. The average Bonchev–Trinajstić information content (AvgIpc) is 3.54. The van der Waals surface area contributed by atoms with Gasteiger partial charge in [0.15, 0.2) is 0 Å². The van der Waals surface area contributed by atoms with Crippen LogP contribution in [0.3, 0.4) is 0 Å². The zero-order valence-electron chi connectivity index (χ0n) is 22.4. The number of carboxylic acid groups (broad SMARTS) is 1. The van der Waals surface area contributed by atoms with Crippen molar-refractivity contribution < 1.29 is 14.6 Å². The van der Waals surface area contributed by atoms with Gasteiger partial charge < -0.3 is 19.6 Å². The van der Waals surface area contributed by atoms with Crippen molar-refractivity contribution in [1.29, 1.82) is 0 Å². The number of ether oxygens (including phenoxy) is 1. The molecule has 37 heavy (non-hydrogen) atoms. The highest BCUT2D eigenvalue weighted by Crippen LogP contribution is 2.31. The van der Waals surface area contributed by atoms with E-state index in [0.717, 1.165) is 29.7 Å². The molecule has 0 radical (unpaired) electrons. The predicted octanol–water partition coefficient (Wildman–Crippen LogP) is 4.90. The minimum Gasteiger partial charge on any atom is -0.465 e. The molecule has 1 atom stereocenters. The third-order valence-electron chi connectivity index (χ3n) is 6.76. The average molecular weight is 546 g/mol. The first-order valence-corrected chi connectivity index (χ1v) is 16.6. The molecule has 1 saturated heterocycles. The molecule has 0 aliphatic carbocycles. The van der Waals surface area contributed by atoms with Gasteiger partial charge in [-0.3, -0.25) is 4.57 Å². The van der Waals surface area contributed by atoms with Gasteiger partial charge in [0.1, 0.15) is 18.2 Å². The first-order chi connectivity index (χ1) is 17.4. The van der Waals surface area contributed by atoms with Crippen molar-refractivity contribution in [2.45, 2.75) is 58.7 Å². The molecule has 3 aromatic heterocycles. The summed E-state index contributed by atoms with van der Waals surface area (Å²) in [6.07, 6.45) is 1.40. The monoisotopic (exact) mass is 545 g/mol. The van der Waals surface area contributed by atoms with Crippen molar-refractivity contribution >= 4 is 31.6 Å². The van der Waals surface area contributed by atoms with E-state index >= 15 is 0 Å². The van der Waals surface area contributed by atoms with Gasteiger partial charge in [-0.15, -0.1) is 0 Å². The maximum atomic E-state index is 11.5. The summed E-state index contributed by atoms with van der Waals surface area (Å²) >= 11 is 6.63. The summed E-state index contributed by atoms with van der Waals surface area (Å²) in [5.41, 5.74) is 3.33. The quantitative estimate of drug-likeness (QED) is 0.301. The largest absolute Gasteiger partial charge is 0.465 e. The highest BCUT2D eigenvalue weighted by Gasteiger charge is 2.30. The highest BCUT2D eigenvalue weighted by molar-refractivity contribution is 6.76. The molecule has 0 saturated carbocycles. The summed E-state index contributed by atoms with van der Waals surface area (Å²) in [6.45, 7) is 13.2. The Balaban J connectivity index is 1.70. The van der Waals surface area contributed by atoms with Gasteiger partial charge in [-0.25, -0.2) is 14.5 Å². The number of anilines is 1. The van der Waals surface area contributed by atoms with Gasteiger partial charge in [0, 0.05) is 52.3 Å². The van der Waals surface area contributed by atoms with E-state index in [1.165, 1.54) is 4.90 Å². The second-order valence-electron chi connectivity index (χ2n) is 10.8. The maximum absolute atomic E-state index is 11.5. The fourth-order valence-corrected chi connectivity index (χ4v) is 5.45. The Hall–Kier alpha value is -2.89. The van der Waals surface area contributed by atoms with Gasteiger partial charge in [-0.2, -0.15) is 10.1 Å². The lowest BCUT2D eigenvalue weighted by Crippen LogP contribution is -2.38. The van der Waals surface area contributed by atoms with Crippen LogP contribution in [0.15, 0.2) is 24.4 Å². The van der Waals surface area contributed by atoms with Crippen molar-refractivity contribution in [2.75, 3.05) is 31.6 Å². The number of amides is 1. The van der Waals surface area contributed by atoms with E-state index in [0.29, 0.717) is 42.1 Å². The van der Waals surface area contributed by atoms with Crippen molar-refractivity contribution in [2.24, 2.45) is 0 Å². The molecule has 200 valence electrons. The van der Waals surface area contributed by atoms with Crippen molar-refractivity contribution in [3.05, 3.63) is 40.8 Å². The molecule has 10 nitrogen and oxygen atoms in total. The Morgan fingerprint density at radius 1 is 1.24 bits per heavy atom. The third kappa shape index (κ3) is 6.16. The molecule has 0 aromatic carbocycles. The Morgan fingerprint density at radius 2 is 1.95 bits per heavy atom. The third-order valence-corrected chi connectivity index (χ3v) is 8.74. The Morgan fingerprint density at radius 3 is 2.59 bits per heavy atom. The summed E-state index contributed by atoms with van der Waals surface area (Å²) in [4.78, 5) is 24.8. The minimum atomic E-state index is -1.21. The number of hydrogen-bond acceptors (Lipinski definition) is 6. The van der Waals surface area contributed by atoms with Crippen molar-refractivity contribution in [1.82, 2.24) is 29.2 Å². The van der Waals surface area contributed by atoms with E-state index < -0.39 is 14.2 Å². The number of likely N-dealkylation sites (N-methyl/N-ethyl adjacent to an activating group) is 1. The van der Waals surface area contributed by atoms with Crippen molar-refractivity contribution in [3.8, 4) is 17.3 Å². The topological polar surface area (TPSA) is 102 Å². The van der Waals surface area contributed by atoms with Crippen LogP contribution >= 0.6 is 11.6 Å². The first-order valence-electron chi connectivity index (χ1n) is 12.5. The highest BCUT2D eigenvalue weighted by atomic mass is 35.5. The molecular formula is C25H36ClN7O3Si. The fourth-order valence-electron chi connectivity index (χ4n) is 4.46. The summed E-state index contributed by atoms with van der Waals surface area (Å²) in [6, 6.07) is 6.92. The zero-order chi connectivity index (χ0) is 26.9. The maximum Gasteiger partial charge on any atom is 0.407 e. The molecule has 1 fully saturated rings. The van der Waals surface area contributed by atoms with Crippen LogP contribution in [0.1, 0.15) is 17.8 Å². The molecule has 1 aliphatic rings. The molecular weight excluding hydrogens is 510 g/mol. The van der Waals surface area contributed by atoms with E-state index in [2.05, 4.69) is 29.6 Å². The van der Waals surface area contributed by atoms with Gasteiger partial charge in [-0.1, -0.05) is 31.2 Å². The minimum absolute atomic E-state index is 0.108. The van der Waals surface area contributed by atoms with Crippen LogP contribution in [0, 0.1) is 13.8 Å². The van der Waals surface area contributed by atoms with Crippen LogP contribution in [0.25, 0.3) is 17.3 Å². The van der Waals surface area contributed by atoms with E-state index in [1.807, 2.05) is 36.6 Å². The van der Waals surface area contributed by atoms with Crippen molar-refractivity contribution in [3.63, 3.8) is 0 Å². The second-order valence-corrected chi connectivity index (χ2v) is 16.9. The Kier molecular flexibility index (Phi) is 7.96. The lowest BCUT2D eigenvalue weighted by atomic mass is 10.2. The van der Waals surface area contributed by atoms with E-state index in [9.17, 15) is 9.90 Å². The molecule has 0 unspecified atom stereocenters. The van der Waals surface area contributed by atoms with Gasteiger partial charge in [-0.05, 0) is 38.4 Å². The van der Waals surface area contributed by atoms with E-state index in [4.69, 9.17) is 26.3 Å². The number of nitrogens with zero attached hydrogens (tertiary/aromatic N) is 7. The predicted molar refractivity (Wildman–Crippen MR) is 148 cm³/mol. The Bertz CT molecular complexity index is 1250. The SMILES string of the molecule is Cc1ccc(C)n1-c1nc(-c2c(Cl)cnn2COCC[Si](C)(C)C)cc(N2CC[C@@H](N(C)C(=O)O)C2)n1. The standard InChI is InChI=1S/C25H36ClN7O3Si/c1-17-7-8-18(2)33(17)24-28-21(13-22(29-24)31-10-9-19(15-31)30(3)25(34)35)23-20(26)14-27-32(23)16-36-11-12-37(4,5)6/h7-8,13-14,19H,9-12,15-16H2,1-6H3,(H,34,35)/t19-/m1/s1. The fraction of sp³-hybridized carbons (Fsp3) is 0.520. The summed E-state index contributed by atoms with van der Waals surface area (Å²) in [5.74, 6) is 1.25. The first kappa shape index (κ1) is 27.1. The lowest BCUT2D eigenvalue weighted by Gasteiger charge is -2.23. The van der Waals surface area contributed by atoms with E-state index in [1.54, 1.807) is 17.9 Å². The molecule has 12 heteroatoms. The van der Waals surface area contributed by atoms with Gasteiger partial charge in [0.2, 0.25) is 5.95 Å². The van der Waals surface area contributed by atoms with Gasteiger partial charge in [0.25, 0.3) is 0 Å². The molecule has 1 amide bonds. The number of halogens is 1. The molecule has 4 heterocycles. The van der Waals surface area contributed by atoms with Crippen LogP contribution in [-0.2, 0) is 11.5 Å². The van der Waals surface area contributed by atoms with Crippen LogP contribution < -0.4 is 4.90 Å². The molecule has 1 aliphatic heterocycles. The number of hydrogen-bond donors (Lipinski definition) is 1. The molecule has 0 spiro atoms. The smallest absolute Gasteiger partial charge is 0.407 e. The lowest BCUT2D eigenvalue weighted by molar-refractivity contribution is 0.0797. The molecule has 1 N–H and O–H groups in total. The second kappa shape index (κ2) is 10.8. The number of aromatic nitrogens is 5. The molecule has 0 bridgehead atoms. The number of aryl methyl sites for hydroxylation is 2. The number of rotatable bonds is 9. The molecule has 4 rings (SSSR count). The summed E-state index contributed by atoms with van der Waals surface area (Å²) in [7, 11) is 0.401.